The fraction of sp³-hybridized carbons (Fsp3) is 0.824. The van der Waals surface area contributed by atoms with Crippen LogP contribution in [0.2, 0.25) is 0 Å². The SMILES string of the molecule is CCC1(CC)CN(CCc2cnn(C)c2)C(C)(CC)CN1. The van der Waals surface area contributed by atoms with Crippen molar-refractivity contribution in [2.24, 2.45) is 7.05 Å². The van der Waals surface area contributed by atoms with Gasteiger partial charge in [0.05, 0.1) is 6.20 Å². The molecule has 1 aliphatic rings. The Hall–Kier alpha value is -0.870. The first-order chi connectivity index (χ1) is 9.97. The molecule has 1 atom stereocenters. The normalized spacial score (nSPS) is 26.1. The van der Waals surface area contributed by atoms with Crippen LogP contribution in [0.4, 0.5) is 0 Å². The highest BCUT2D eigenvalue weighted by Gasteiger charge is 2.41. The van der Waals surface area contributed by atoms with Gasteiger partial charge in [0.2, 0.25) is 0 Å². The van der Waals surface area contributed by atoms with E-state index in [1.54, 1.807) is 0 Å². The summed E-state index contributed by atoms with van der Waals surface area (Å²) < 4.78 is 1.90. The minimum absolute atomic E-state index is 0.274. The Labute approximate surface area is 129 Å². The van der Waals surface area contributed by atoms with Gasteiger partial charge < -0.3 is 5.32 Å². The number of piperazine rings is 1. The molecule has 0 amide bonds. The molecule has 4 heteroatoms. The molecular weight excluding hydrogens is 260 g/mol. The van der Waals surface area contributed by atoms with Crippen molar-refractivity contribution >= 4 is 0 Å². The Balaban J connectivity index is 2.07. The highest BCUT2D eigenvalue weighted by molar-refractivity contribution is 5.07. The number of rotatable bonds is 6. The zero-order chi connectivity index (χ0) is 15.5. The molecule has 0 radical (unpaired) electrons. The van der Waals surface area contributed by atoms with Crippen LogP contribution in [-0.4, -0.2) is 45.4 Å². The molecule has 21 heavy (non-hydrogen) atoms. The van der Waals surface area contributed by atoms with Crippen molar-refractivity contribution < 1.29 is 0 Å². The third-order valence-electron chi connectivity index (χ3n) is 5.65. The molecule has 1 N–H and O–H groups in total. The molecule has 0 saturated carbocycles. The van der Waals surface area contributed by atoms with Gasteiger partial charge in [-0.15, -0.1) is 0 Å². The molecule has 1 fully saturated rings. The number of aromatic nitrogens is 2. The number of nitrogens with zero attached hydrogens (tertiary/aromatic N) is 3. The van der Waals surface area contributed by atoms with Gasteiger partial charge in [-0.25, -0.2) is 0 Å². The molecule has 1 aliphatic heterocycles. The third kappa shape index (κ3) is 3.49. The molecule has 1 aromatic heterocycles. The van der Waals surface area contributed by atoms with Gasteiger partial charge in [0.15, 0.2) is 0 Å². The summed E-state index contributed by atoms with van der Waals surface area (Å²) in [4.78, 5) is 2.71. The largest absolute Gasteiger partial charge is 0.308 e. The second kappa shape index (κ2) is 6.49. The summed E-state index contributed by atoms with van der Waals surface area (Å²) in [7, 11) is 1.99. The van der Waals surface area contributed by atoms with Gasteiger partial charge >= 0.3 is 0 Å². The summed E-state index contributed by atoms with van der Waals surface area (Å²) in [6.07, 6.45) is 8.82. The van der Waals surface area contributed by atoms with E-state index >= 15 is 0 Å². The average Bonchev–Trinajstić information content (AvgIpc) is 2.92. The molecule has 4 nitrogen and oxygen atoms in total. The van der Waals surface area contributed by atoms with Crippen molar-refractivity contribution in [2.45, 2.75) is 64.5 Å². The second-order valence-corrected chi connectivity index (χ2v) is 6.89. The maximum atomic E-state index is 4.28. The topological polar surface area (TPSA) is 33.1 Å². The van der Waals surface area contributed by atoms with Crippen LogP contribution in [-0.2, 0) is 13.5 Å². The summed E-state index contributed by atoms with van der Waals surface area (Å²) in [5.41, 5.74) is 1.91. The van der Waals surface area contributed by atoms with Gasteiger partial charge in [-0.05, 0) is 38.2 Å². The standard InChI is InChI=1S/C17H32N4/c1-6-16(4)13-18-17(7-2,8-3)14-21(16)10-9-15-11-19-20(5)12-15/h11-12,18H,6-10,13-14H2,1-5H3. The maximum Gasteiger partial charge on any atom is 0.0522 e. The van der Waals surface area contributed by atoms with Gasteiger partial charge in [0.1, 0.15) is 0 Å². The molecule has 1 aromatic rings. The van der Waals surface area contributed by atoms with Gasteiger partial charge in [0, 0.05) is 44.0 Å². The average molecular weight is 292 g/mol. The second-order valence-electron chi connectivity index (χ2n) is 6.89. The van der Waals surface area contributed by atoms with Crippen LogP contribution >= 0.6 is 0 Å². The molecule has 1 saturated heterocycles. The van der Waals surface area contributed by atoms with Crippen LogP contribution < -0.4 is 5.32 Å². The quantitative estimate of drug-likeness (QED) is 0.875. The minimum Gasteiger partial charge on any atom is -0.308 e. The van der Waals surface area contributed by atoms with Crippen molar-refractivity contribution in [3.8, 4) is 0 Å². The lowest BCUT2D eigenvalue weighted by Crippen LogP contribution is -2.68. The van der Waals surface area contributed by atoms with Crippen LogP contribution in [0.3, 0.4) is 0 Å². The Morgan fingerprint density at radius 2 is 1.95 bits per heavy atom. The van der Waals surface area contributed by atoms with Crippen molar-refractivity contribution in [3.05, 3.63) is 18.0 Å². The highest BCUT2D eigenvalue weighted by atomic mass is 15.3. The minimum atomic E-state index is 0.274. The predicted molar refractivity (Wildman–Crippen MR) is 88.5 cm³/mol. The zero-order valence-electron chi connectivity index (χ0n) is 14.4. The fourth-order valence-corrected chi connectivity index (χ4v) is 3.39. The lowest BCUT2D eigenvalue weighted by Gasteiger charge is -2.53. The van der Waals surface area contributed by atoms with E-state index in [0.717, 1.165) is 26.1 Å². The van der Waals surface area contributed by atoms with Gasteiger partial charge in [-0.2, -0.15) is 5.10 Å². The zero-order valence-corrected chi connectivity index (χ0v) is 14.4. The van der Waals surface area contributed by atoms with Crippen molar-refractivity contribution in [1.29, 1.82) is 0 Å². The first kappa shape index (κ1) is 16.5. The van der Waals surface area contributed by atoms with Gasteiger partial charge in [-0.1, -0.05) is 20.8 Å². The van der Waals surface area contributed by atoms with E-state index in [-0.39, 0.29) is 5.54 Å². The van der Waals surface area contributed by atoms with E-state index in [2.05, 4.69) is 49.2 Å². The van der Waals surface area contributed by atoms with E-state index in [9.17, 15) is 0 Å². The molecule has 120 valence electrons. The Bertz CT molecular complexity index is 449. The predicted octanol–water partition coefficient (Wildman–Crippen LogP) is 2.60. The molecule has 0 aromatic carbocycles. The first-order valence-electron chi connectivity index (χ1n) is 8.44. The van der Waals surface area contributed by atoms with Crippen molar-refractivity contribution in [2.75, 3.05) is 19.6 Å². The van der Waals surface area contributed by atoms with Crippen molar-refractivity contribution in [1.82, 2.24) is 20.0 Å². The van der Waals surface area contributed by atoms with Crippen LogP contribution in [0.25, 0.3) is 0 Å². The fourth-order valence-electron chi connectivity index (χ4n) is 3.39. The summed E-state index contributed by atoms with van der Waals surface area (Å²) >= 11 is 0. The Kier molecular flexibility index (Phi) is 5.10. The summed E-state index contributed by atoms with van der Waals surface area (Å²) in [6, 6.07) is 0. The van der Waals surface area contributed by atoms with E-state index in [0.29, 0.717) is 5.54 Å². The van der Waals surface area contributed by atoms with E-state index in [1.807, 2.05) is 17.9 Å². The monoisotopic (exact) mass is 292 g/mol. The van der Waals surface area contributed by atoms with E-state index in [4.69, 9.17) is 0 Å². The van der Waals surface area contributed by atoms with Gasteiger partial charge in [-0.3, -0.25) is 9.58 Å². The molecule has 2 rings (SSSR count). The van der Waals surface area contributed by atoms with Crippen LogP contribution in [0.15, 0.2) is 12.4 Å². The Morgan fingerprint density at radius 3 is 2.48 bits per heavy atom. The van der Waals surface area contributed by atoms with Crippen LogP contribution in [0.1, 0.15) is 52.5 Å². The van der Waals surface area contributed by atoms with E-state index < -0.39 is 0 Å². The van der Waals surface area contributed by atoms with E-state index in [1.165, 1.54) is 24.8 Å². The molecule has 1 unspecified atom stereocenters. The lowest BCUT2D eigenvalue weighted by atomic mass is 9.83. The number of hydrogen-bond donors (Lipinski definition) is 1. The van der Waals surface area contributed by atoms with Gasteiger partial charge in [0.25, 0.3) is 0 Å². The molecule has 2 heterocycles. The highest BCUT2D eigenvalue weighted by Crippen LogP contribution is 2.30. The summed E-state index contributed by atoms with van der Waals surface area (Å²) in [5.74, 6) is 0. The molecular formula is C17H32N4. The van der Waals surface area contributed by atoms with Crippen LogP contribution in [0, 0.1) is 0 Å². The molecule has 0 bridgehead atoms. The Morgan fingerprint density at radius 1 is 1.24 bits per heavy atom. The third-order valence-corrected chi connectivity index (χ3v) is 5.65. The number of aryl methyl sites for hydroxylation is 1. The number of nitrogens with one attached hydrogen (secondary N) is 1. The summed E-state index contributed by atoms with van der Waals surface area (Å²) in [5, 5.41) is 8.13. The van der Waals surface area contributed by atoms with Crippen LogP contribution in [0.5, 0.6) is 0 Å². The van der Waals surface area contributed by atoms with Crippen molar-refractivity contribution in [3.63, 3.8) is 0 Å². The summed E-state index contributed by atoms with van der Waals surface area (Å²) in [6.45, 7) is 12.7. The smallest absolute Gasteiger partial charge is 0.0522 e. The first-order valence-corrected chi connectivity index (χ1v) is 8.44. The maximum absolute atomic E-state index is 4.28. The lowest BCUT2D eigenvalue weighted by molar-refractivity contribution is 0.0100. The molecule has 0 aliphatic carbocycles. The number of hydrogen-bond acceptors (Lipinski definition) is 3. The molecule has 0 spiro atoms.